The number of amides is 2. The summed E-state index contributed by atoms with van der Waals surface area (Å²) in [5, 5.41) is 12.9. The number of hydrogen-bond acceptors (Lipinski definition) is 3. The van der Waals surface area contributed by atoms with E-state index in [1.54, 1.807) is 12.1 Å². The lowest BCUT2D eigenvalue weighted by Gasteiger charge is -2.05. The molecular weight excluding hydrogens is 198 g/mol. The molecule has 0 aliphatic rings. The van der Waals surface area contributed by atoms with Gasteiger partial charge in [0.1, 0.15) is 6.54 Å². The molecule has 1 aromatic heterocycles. The minimum absolute atomic E-state index is 0.412. The Morgan fingerprint density at radius 3 is 2.73 bits per heavy atom. The molecular formula is C9H11N3O3. The minimum Gasteiger partial charge on any atom is -0.480 e. The molecule has 0 saturated heterocycles. The highest BCUT2D eigenvalue weighted by Crippen LogP contribution is 2.04. The topological polar surface area (TPSA) is 91.3 Å². The fourth-order valence-electron chi connectivity index (χ4n) is 0.873. The molecule has 3 N–H and O–H groups in total. The Kier molecular flexibility index (Phi) is 3.61. The molecule has 1 heterocycles. The lowest BCUT2D eigenvalue weighted by molar-refractivity contribution is -0.135. The molecule has 0 aromatic carbocycles. The van der Waals surface area contributed by atoms with Gasteiger partial charge in [0, 0.05) is 5.69 Å². The van der Waals surface area contributed by atoms with Crippen LogP contribution in [-0.4, -0.2) is 28.6 Å². The lowest BCUT2D eigenvalue weighted by atomic mass is 10.3. The molecule has 0 bridgehead atoms. The van der Waals surface area contributed by atoms with Gasteiger partial charge in [-0.1, -0.05) is 0 Å². The first-order valence-corrected chi connectivity index (χ1v) is 4.27. The van der Waals surface area contributed by atoms with Crippen LogP contribution in [0.1, 0.15) is 5.69 Å². The number of carbonyl (C=O) groups excluding carboxylic acids is 1. The predicted molar refractivity (Wildman–Crippen MR) is 53.6 cm³/mol. The van der Waals surface area contributed by atoms with E-state index in [9.17, 15) is 9.59 Å². The zero-order valence-corrected chi connectivity index (χ0v) is 8.15. The predicted octanol–water partition coefficient (Wildman–Crippen LogP) is 0.596. The Morgan fingerprint density at radius 2 is 2.20 bits per heavy atom. The van der Waals surface area contributed by atoms with Gasteiger partial charge in [-0.2, -0.15) is 0 Å². The molecule has 0 aliphatic heterocycles. The van der Waals surface area contributed by atoms with Crippen molar-refractivity contribution in [3.05, 3.63) is 24.0 Å². The van der Waals surface area contributed by atoms with Gasteiger partial charge in [0.2, 0.25) is 0 Å². The maximum atomic E-state index is 11.1. The minimum atomic E-state index is -1.09. The number of aliphatic carboxylic acids is 1. The number of nitrogens with zero attached hydrogens (tertiary/aromatic N) is 1. The number of rotatable bonds is 3. The van der Waals surface area contributed by atoms with E-state index in [2.05, 4.69) is 15.6 Å². The second-order valence-electron chi connectivity index (χ2n) is 2.89. The zero-order valence-electron chi connectivity index (χ0n) is 8.15. The first-order chi connectivity index (χ1) is 7.08. The van der Waals surface area contributed by atoms with Gasteiger partial charge >= 0.3 is 12.0 Å². The molecule has 1 aromatic rings. The largest absolute Gasteiger partial charge is 0.480 e. The summed E-state index contributed by atoms with van der Waals surface area (Å²) >= 11 is 0. The van der Waals surface area contributed by atoms with Crippen LogP contribution in [0.2, 0.25) is 0 Å². The van der Waals surface area contributed by atoms with E-state index in [4.69, 9.17) is 5.11 Å². The Bertz CT molecular complexity index is 361. The average molecular weight is 209 g/mol. The normalized spacial score (nSPS) is 9.40. The van der Waals surface area contributed by atoms with Gasteiger partial charge in [0.15, 0.2) is 0 Å². The van der Waals surface area contributed by atoms with Crippen molar-refractivity contribution in [2.24, 2.45) is 0 Å². The number of nitrogens with one attached hydrogen (secondary N) is 2. The fourth-order valence-corrected chi connectivity index (χ4v) is 0.873. The maximum absolute atomic E-state index is 11.1. The summed E-state index contributed by atoms with van der Waals surface area (Å²) in [6, 6.07) is 2.86. The Labute approximate surface area is 86.3 Å². The van der Waals surface area contributed by atoms with Crippen molar-refractivity contribution < 1.29 is 14.7 Å². The number of hydrogen-bond donors (Lipinski definition) is 3. The standard InChI is InChI=1S/C9H11N3O3/c1-6-2-3-7(4-10-6)12-9(15)11-5-8(13)14/h2-4H,5H2,1H3,(H,13,14)(H2,11,12,15). The van der Waals surface area contributed by atoms with E-state index in [1.807, 2.05) is 6.92 Å². The Morgan fingerprint density at radius 1 is 1.47 bits per heavy atom. The lowest BCUT2D eigenvalue weighted by Crippen LogP contribution is -2.33. The third-order valence-electron chi connectivity index (χ3n) is 1.57. The van der Waals surface area contributed by atoms with E-state index in [1.165, 1.54) is 6.20 Å². The second kappa shape index (κ2) is 4.94. The molecule has 0 aliphatic carbocycles. The molecule has 0 saturated carbocycles. The molecule has 6 nitrogen and oxygen atoms in total. The summed E-state index contributed by atoms with van der Waals surface area (Å²) in [7, 11) is 0. The summed E-state index contributed by atoms with van der Waals surface area (Å²) in [6.45, 7) is 1.42. The van der Waals surface area contributed by atoms with Crippen molar-refractivity contribution in [2.75, 3.05) is 11.9 Å². The highest BCUT2D eigenvalue weighted by molar-refractivity contribution is 5.90. The van der Waals surface area contributed by atoms with Crippen LogP contribution in [0.25, 0.3) is 0 Å². The van der Waals surface area contributed by atoms with Crippen molar-refractivity contribution in [1.82, 2.24) is 10.3 Å². The van der Waals surface area contributed by atoms with E-state index in [-0.39, 0.29) is 0 Å². The van der Waals surface area contributed by atoms with E-state index >= 15 is 0 Å². The van der Waals surface area contributed by atoms with Crippen molar-refractivity contribution in [1.29, 1.82) is 0 Å². The number of urea groups is 1. The molecule has 15 heavy (non-hydrogen) atoms. The molecule has 0 atom stereocenters. The SMILES string of the molecule is Cc1ccc(NC(=O)NCC(=O)O)cn1. The average Bonchev–Trinajstić information content (AvgIpc) is 2.19. The molecule has 1 rings (SSSR count). The molecule has 0 spiro atoms. The Balaban J connectivity index is 2.44. The number of pyridine rings is 1. The summed E-state index contributed by atoms with van der Waals surface area (Å²) in [4.78, 5) is 25.2. The molecule has 0 fully saturated rings. The van der Waals surface area contributed by atoms with Crippen LogP contribution < -0.4 is 10.6 Å². The fraction of sp³-hybridized carbons (Fsp3) is 0.222. The smallest absolute Gasteiger partial charge is 0.323 e. The maximum Gasteiger partial charge on any atom is 0.323 e. The van der Waals surface area contributed by atoms with E-state index in [0.29, 0.717) is 5.69 Å². The Hall–Kier alpha value is -2.11. The summed E-state index contributed by atoms with van der Waals surface area (Å²) in [5.41, 5.74) is 1.36. The van der Waals surface area contributed by atoms with Crippen LogP contribution in [0.15, 0.2) is 18.3 Å². The van der Waals surface area contributed by atoms with Crippen LogP contribution in [0.3, 0.4) is 0 Å². The van der Waals surface area contributed by atoms with Crippen molar-refractivity contribution in [3.8, 4) is 0 Å². The summed E-state index contributed by atoms with van der Waals surface area (Å²) in [5.74, 6) is -1.09. The first kappa shape index (κ1) is 11.0. The van der Waals surface area contributed by atoms with E-state index < -0.39 is 18.5 Å². The van der Waals surface area contributed by atoms with Crippen molar-refractivity contribution >= 4 is 17.7 Å². The van der Waals surface area contributed by atoms with Crippen molar-refractivity contribution in [2.45, 2.75) is 6.92 Å². The van der Waals surface area contributed by atoms with Gasteiger partial charge in [0.25, 0.3) is 0 Å². The molecule has 2 amide bonds. The zero-order chi connectivity index (χ0) is 11.3. The number of carboxylic acid groups (broad SMARTS) is 1. The summed E-state index contributed by atoms with van der Waals surface area (Å²) < 4.78 is 0. The van der Waals surface area contributed by atoms with Crippen LogP contribution in [-0.2, 0) is 4.79 Å². The van der Waals surface area contributed by atoms with Crippen LogP contribution in [0, 0.1) is 6.92 Å². The monoisotopic (exact) mass is 209 g/mol. The second-order valence-corrected chi connectivity index (χ2v) is 2.89. The first-order valence-electron chi connectivity index (χ1n) is 4.27. The van der Waals surface area contributed by atoms with Gasteiger partial charge in [-0.15, -0.1) is 0 Å². The number of carboxylic acids is 1. The molecule has 0 unspecified atom stereocenters. The van der Waals surface area contributed by atoms with Gasteiger partial charge in [-0.25, -0.2) is 4.79 Å². The highest BCUT2D eigenvalue weighted by Gasteiger charge is 2.03. The number of aryl methyl sites for hydroxylation is 1. The molecule has 6 heteroatoms. The van der Waals surface area contributed by atoms with Gasteiger partial charge in [0.05, 0.1) is 11.9 Å². The van der Waals surface area contributed by atoms with Gasteiger partial charge in [-0.05, 0) is 19.1 Å². The van der Waals surface area contributed by atoms with E-state index in [0.717, 1.165) is 5.69 Å². The van der Waals surface area contributed by atoms with Crippen LogP contribution >= 0.6 is 0 Å². The molecule has 0 radical (unpaired) electrons. The van der Waals surface area contributed by atoms with Crippen LogP contribution in [0.4, 0.5) is 10.5 Å². The van der Waals surface area contributed by atoms with Gasteiger partial charge < -0.3 is 15.7 Å². The number of aromatic nitrogens is 1. The molecule has 80 valence electrons. The quantitative estimate of drug-likeness (QED) is 0.679. The number of carbonyl (C=O) groups is 2. The summed E-state index contributed by atoms with van der Waals surface area (Å²) in [6.07, 6.45) is 1.50. The third-order valence-corrected chi connectivity index (χ3v) is 1.57. The third kappa shape index (κ3) is 4.08. The van der Waals surface area contributed by atoms with Crippen LogP contribution in [0.5, 0.6) is 0 Å². The highest BCUT2D eigenvalue weighted by atomic mass is 16.4. The number of anilines is 1. The van der Waals surface area contributed by atoms with Gasteiger partial charge in [-0.3, -0.25) is 9.78 Å². The van der Waals surface area contributed by atoms with Crippen molar-refractivity contribution in [3.63, 3.8) is 0 Å².